The number of unbranched alkanes of at least 4 members (excludes halogenated alkanes) is 2. The fourth-order valence-electron chi connectivity index (χ4n) is 2.33. The summed E-state index contributed by atoms with van der Waals surface area (Å²) >= 11 is 0. The molecule has 0 radical (unpaired) electrons. The molecule has 3 N–H and O–H groups in total. The summed E-state index contributed by atoms with van der Waals surface area (Å²) in [5.74, 6) is 0.195. The van der Waals surface area contributed by atoms with E-state index in [1.54, 1.807) is 0 Å². The van der Waals surface area contributed by atoms with Crippen molar-refractivity contribution in [2.24, 2.45) is 5.73 Å². The third-order valence-corrected chi connectivity index (χ3v) is 3.56. The van der Waals surface area contributed by atoms with E-state index in [0.717, 1.165) is 38.9 Å². The summed E-state index contributed by atoms with van der Waals surface area (Å²) in [7, 11) is 2.15. The van der Waals surface area contributed by atoms with Gasteiger partial charge in [-0.05, 0) is 45.8 Å². The lowest BCUT2D eigenvalue weighted by molar-refractivity contribution is -0.121. The molecule has 0 spiro atoms. The summed E-state index contributed by atoms with van der Waals surface area (Å²) < 4.78 is 0. The monoisotopic (exact) mass is 241 g/mol. The van der Waals surface area contributed by atoms with E-state index >= 15 is 0 Å². The van der Waals surface area contributed by atoms with Gasteiger partial charge in [0.25, 0.3) is 0 Å². The summed E-state index contributed by atoms with van der Waals surface area (Å²) in [5, 5.41) is 3.05. The molecule has 0 aromatic carbocycles. The van der Waals surface area contributed by atoms with Crippen LogP contribution in [0.2, 0.25) is 0 Å². The van der Waals surface area contributed by atoms with E-state index in [9.17, 15) is 4.79 Å². The molecule has 0 bridgehead atoms. The number of carbonyl (C=O) groups excluding carboxylic acids is 1. The lowest BCUT2D eigenvalue weighted by Gasteiger charge is -2.32. The Morgan fingerprint density at radius 3 is 2.88 bits per heavy atom. The van der Waals surface area contributed by atoms with Gasteiger partial charge in [0.15, 0.2) is 0 Å². The normalized spacial score (nSPS) is 21.4. The second-order valence-electron chi connectivity index (χ2n) is 5.03. The van der Waals surface area contributed by atoms with Gasteiger partial charge in [-0.15, -0.1) is 0 Å². The SMILES string of the molecule is CN1CCCCC1CNC(=O)CCCCCN. The number of hydrogen-bond donors (Lipinski definition) is 2. The van der Waals surface area contributed by atoms with Crippen LogP contribution in [-0.4, -0.2) is 43.5 Å². The van der Waals surface area contributed by atoms with Crippen molar-refractivity contribution in [3.05, 3.63) is 0 Å². The van der Waals surface area contributed by atoms with Crippen LogP contribution >= 0.6 is 0 Å². The molecule has 100 valence electrons. The third-order valence-electron chi connectivity index (χ3n) is 3.56. The van der Waals surface area contributed by atoms with Crippen LogP contribution in [0.4, 0.5) is 0 Å². The minimum Gasteiger partial charge on any atom is -0.355 e. The van der Waals surface area contributed by atoms with Gasteiger partial charge < -0.3 is 16.0 Å². The number of amides is 1. The molecular formula is C13H27N3O. The molecule has 1 atom stereocenters. The number of nitrogens with one attached hydrogen (secondary N) is 1. The third kappa shape index (κ3) is 6.03. The molecular weight excluding hydrogens is 214 g/mol. The van der Waals surface area contributed by atoms with Gasteiger partial charge in [0.05, 0.1) is 0 Å². The van der Waals surface area contributed by atoms with E-state index in [4.69, 9.17) is 5.73 Å². The number of nitrogens with two attached hydrogens (primary N) is 1. The number of hydrogen-bond acceptors (Lipinski definition) is 3. The molecule has 1 unspecified atom stereocenters. The van der Waals surface area contributed by atoms with Crippen LogP contribution in [0.3, 0.4) is 0 Å². The molecule has 1 amide bonds. The number of likely N-dealkylation sites (N-methyl/N-ethyl adjacent to an activating group) is 1. The fraction of sp³-hybridized carbons (Fsp3) is 0.923. The van der Waals surface area contributed by atoms with Crippen LogP contribution in [0.15, 0.2) is 0 Å². The fourth-order valence-corrected chi connectivity index (χ4v) is 2.33. The maximum Gasteiger partial charge on any atom is 0.220 e. The molecule has 4 nitrogen and oxygen atoms in total. The summed E-state index contributed by atoms with van der Waals surface area (Å²) in [4.78, 5) is 14.0. The first-order valence-electron chi connectivity index (χ1n) is 6.91. The van der Waals surface area contributed by atoms with E-state index < -0.39 is 0 Å². The number of piperidine rings is 1. The summed E-state index contributed by atoms with van der Waals surface area (Å²) in [6.45, 7) is 2.71. The smallest absolute Gasteiger partial charge is 0.220 e. The van der Waals surface area contributed by atoms with Crippen molar-refractivity contribution >= 4 is 5.91 Å². The van der Waals surface area contributed by atoms with Gasteiger partial charge in [-0.3, -0.25) is 4.79 Å². The molecule has 0 aliphatic carbocycles. The van der Waals surface area contributed by atoms with Crippen molar-refractivity contribution in [2.45, 2.75) is 51.0 Å². The van der Waals surface area contributed by atoms with Crippen LogP contribution in [-0.2, 0) is 4.79 Å². The standard InChI is InChI=1S/C13H27N3O/c1-16-10-6-4-7-12(16)11-15-13(17)8-3-2-5-9-14/h12H,2-11,14H2,1H3,(H,15,17). The van der Waals surface area contributed by atoms with E-state index in [1.807, 2.05) is 0 Å². The number of rotatable bonds is 7. The zero-order valence-electron chi connectivity index (χ0n) is 11.1. The van der Waals surface area contributed by atoms with Gasteiger partial charge >= 0.3 is 0 Å². The van der Waals surface area contributed by atoms with Crippen molar-refractivity contribution < 1.29 is 4.79 Å². The van der Waals surface area contributed by atoms with Crippen molar-refractivity contribution in [3.63, 3.8) is 0 Å². The largest absolute Gasteiger partial charge is 0.355 e. The predicted molar refractivity (Wildman–Crippen MR) is 70.8 cm³/mol. The average molecular weight is 241 g/mol. The topological polar surface area (TPSA) is 58.4 Å². The number of likely N-dealkylation sites (tertiary alicyclic amines) is 1. The molecule has 1 heterocycles. The van der Waals surface area contributed by atoms with Crippen LogP contribution in [0.1, 0.15) is 44.9 Å². The first kappa shape index (κ1) is 14.5. The quantitative estimate of drug-likeness (QED) is 0.656. The molecule has 1 aliphatic rings. The van der Waals surface area contributed by atoms with Gasteiger partial charge in [0, 0.05) is 19.0 Å². The number of carbonyl (C=O) groups is 1. The molecule has 1 rings (SSSR count). The lowest BCUT2D eigenvalue weighted by Crippen LogP contribution is -2.44. The predicted octanol–water partition coefficient (Wildman–Crippen LogP) is 1.11. The first-order chi connectivity index (χ1) is 8.24. The molecule has 1 saturated heterocycles. The van der Waals surface area contributed by atoms with E-state index in [0.29, 0.717) is 12.5 Å². The maximum absolute atomic E-state index is 11.6. The molecule has 0 aromatic rings. The highest BCUT2D eigenvalue weighted by molar-refractivity contribution is 5.75. The van der Waals surface area contributed by atoms with Crippen molar-refractivity contribution in [3.8, 4) is 0 Å². The van der Waals surface area contributed by atoms with Gasteiger partial charge in [-0.1, -0.05) is 12.8 Å². The van der Waals surface area contributed by atoms with E-state index in [2.05, 4.69) is 17.3 Å². The molecule has 0 saturated carbocycles. The Kier molecular flexibility index (Phi) is 7.21. The van der Waals surface area contributed by atoms with Crippen LogP contribution in [0.25, 0.3) is 0 Å². The minimum absolute atomic E-state index is 0.195. The van der Waals surface area contributed by atoms with E-state index in [1.165, 1.54) is 19.3 Å². The highest BCUT2D eigenvalue weighted by Gasteiger charge is 2.18. The first-order valence-corrected chi connectivity index (χ1v) is 6.91. The molecule has 4 heteroatoms. The second kappa shape index (κ2) is 8.48. The Hall–Kier alpha value is -0.610. The molecule has 1 fully saturated rings. The lowest BCUT2D eigenvalue weighted by atomic mass is 10.0. The van der Waals surface area contributed by atoms with Gasteiger partial charge in [-0.25, -0.2) is 0 Å². The average Bonchev–Trinajstić information content (AvgIpc) is 2.34. The zero-order chi connectivity index (χ0) is 12.5. The van der Waals surface area contributed by atoms with Gasteiger partial charge in [-0.2, -0.15) is 0 Å². The summed E-state index contributed by atoms with van der Waals surface area (Å²) in [6.07, 6.45) is 7.50. The summed E-state index contributed by atoms with van der Waals surface area (Å²) in [6, 6.07) is 0.539. The van der Waals surface area contributed by atoms with Gasteiger partial charge in [0.1, 0.15) is 0 Å². The Morgan fingerprint density at radius 1 is 1.35 bits per heavy atom. The van der Waals surface area contributed by atoms with Crippen LogP contribution in [0.5, 0.6) is 0 Å². The highest BCUT2D eigenvalue weighted by atomic mass is 16.1. The molecule has 1 aliphatic heterocycles. The van der Waals surface area contributed by atoms with Crippen molar-refractivity contribution in [1.82, 2.24) is 10.2 Å². The van der Waals surface area contributed by atoms with E-state index in [-0.39, 0.29) is 5.91 Å². The Bertz CT molecular complexity index is 221. The Morgan fingerprint density at radius 2 is 2.18 bits per heavy atom. The highest BCUT2D eigenvalue weighted by Crippen LogP contribution is 2.14. The van der Waals surface area contributed by atoms with Gasteiger partial charge in [0.2, 0.25) is 5.91 Å². The second-order valence-corrected chi connectivity index (χ2v) is 5.03. The maximum atomic E-state index is 11.6. The Balaban J connectivity index is 2.06. The van der Waals surface area contributed by atoms with Crippen molar-refractivity contribution in [2.75, 3.05) is 26.7 Å². The summed E-state index contributed by atoms with van der Waals surface area (Å²) in [5.41, 5.74) is 5.41. The molecule has 17 heavy (non-hydrogen) atoms. The molecule has 0 aromatic heterocycles. The Labute approximate surface area is 105 Å². The van der Waals surface area contributed by atoms with Crippen molar-refractivity contribution in [1.29, 1.82) is 0 Å². The van der Waals surface area contributed by atoms with Crippen LogP contribution < -0.4 is 11.1 Å². The number of nitrogens with zero attached hydrogens (tertiary/aromatic N) is 1. The zero-order valence-corrected chi connectivity index (χ0v) is 11.1. The minimum atomic E-state index is 0.195. The van der Waals surface area contributed by atoms with Crippen LogP contribution in [0, 0.1) is 0 Å².